The zero-order valence-corrected chi connectivity index (χ0v) is 19.6. The number of hydrogen-bond acceptors (Lipinski definition) is 4. The first-order chi connectivity index (χ1) is 15.5. The third-order valence-electron chi connectivity index (χ3n) is 10.3. The Morgan fingerprint density at radius 3 is 2.64 bits per heavy atom. The van der Waals surface area contributed by atoms with Crippen LogP contribution in [-0.2, 0) is 19.8 Å². The lowest BCUT2D eigenvalue weighted by molar-refractivity contribution is -0.168. The number of ether oxygens (including phenoxy) is 1. The second-order valence-corrected chi connectivity index (χ2v) is 12.3. The highest BCUT2D eigenvalue weighted by Gasteiger charge is 2.80. The van der Waals surface area contributed by atoms with Crippen LogP contribution in [0.5, 0.6) is 5.75 Å². The van der Waals surface area contributed by atoms with Crippen molar-refractivity contribution >= 4 is 29.4 Å². The van der Waals surface area contributed by atoms with E-state index in [4.69, 9.17) is 4.74 Å². The van der Waals surface area contributed by atoms with Gasteiger partial charge in [0.1, 0.15) is 16.9 Å². The Morgan fingerprint density at radius 1 is 1.06 bits per heavy atom. The van der Waals surface area contributed by atoms with Crippen LogP contribution in [-0.4, -0.2) is 28.7 Å². The van der Waals surface area contributed by atoms with E-state index in [9.17, 15) is 14.4 Å². The molecule has 172 valence electrons. The van der Waals surface area contributed by atoms with E-state index in [2.05, 4.69) is 24.5 Å². The Bertz CT molecular complexity index is 1230. The molecule has 5 fully saturated rings. The fourth-order valence-electron chi connectivity index (χ4n) is 8.73. The van der Waals surface area contributed by atoms with Crippen molar-refractivity contribution in [1.29, 1.82) is 0 Å². The lowest BCUT2D eigenvalue weighted by Gasteiger charge is -2.57. The zero-order chi connectivity index (χ0) is 23.2. The standard InChI is InChI=1S/C27H30N2O4/c1-23(2)11-9-14-17(33-23)8-7-15-19(14)28-22(32)26(15)13-27-18(24(26,3)4)12-25(21(31)29-27)10-5-6-16(25)20(27)30/h7-9,11,16,18H,5-6,10,12-13H2,1-4H3,(H,28,32)(H,29,31)/t16?,18-,25-,26+,27+/m0/s1. The van der Waals surface area contributed by atoms with Crippen LogP contribution < -0.4 is 15.4 Å². The molecule has 7 aliphatic rings. The van der Waals surface area contributed by atoms with Gasteiger partial charge in [0.15, 0.2) is 5.78 Å². The zero-order valence-electron chi connectivity index (χ0n) is 19.6. The maximum absolute atomic E-state index is 14.0. The Morgan fingerprint density at radius 2 is 1.85 bits per heavy atom. The van der Waals surface area contributed by atoms with Crippen LogP contribution in [0.15, 0.2) is 18.2 Å². The Hall–Kier alpha value is -2.63. The molecule has 1 unspecified atom stereocenters. The number of amides is 2. The van der Waals surface area contributed by atoms with Crippen LogP contribution in [0.4, 0.5) is 5.69 Å². The number of carbonyl (C=O) groups is 3. The van der Waals surface area contributed by atoms with E-state index in [1.165, 1.54) is 0 Å². The summed E-state index contributed by atoms with van der Waals surface area (Å²) in [5, 5.41) is 6.41. The van der Waals surface area contributed by atoms with Crippen molar-refractivity contribution < 1.29 is 19.1 Å². The number of piperidine rings is 2. The van der Waals surface area contributed by atoms with Gasteiger partial charge in [0.25, 0.3) is 0 Å². The van der Waals surface area contributed by atoms with Crippen molar-refractivity contribution in [3.05, 3.63) is 29.3 Å². The molecule has 2 saturated heterocycles. The van der Waals surface area contributed by atoms with Gasteiger partial charge in [-0.25, -0.2) is 0 Å². The molecule has 33 heavy (non-hydrogen) atoms. The predicted molar refractivity (Wildman–Crippen MR) is 123 cm³/mol. The number of hydrogen-bond donors (Lipinski definition) is 2. The van der Waals surface area contributed by atoms with Gasteiger partial charge in [-0.3, -0.25) is 14.4 Å². The average molecular weight is 447 g/mol. The summed E-state index contributed by atoms with van der Waals surface area (Å²) in [6, 6.07) is 3.97. The summed E-state index contributed by atoms with van der Waals surface area (Å²) in [6.07, 6.45) is 7.58. The lowest BCUT2D eigenvalue weighted by atomic mass is 9.50. The molecular formula is C27H30N2O4. The second-order valence-electron chi connectivity index (χ2n) is 12.3. The van der Waals surface area contributed by atoms with Crippen molar-refractivity contribution in [3.63, 3.8) is 0 Å². The molecule has 0 radical (unpaired) electrons. The van der Waals surface area contributed by atoms with Crippen LogP contribution in [0.1, 0.15) is 70.9 Å². The van der Waals surface area contributed by atoms with Crippen molar-refractivity contribution in [1.82, 2.24) is 5.32 Å². The van der Waals surface area contributed by atoms with E-state index in [-0.39, 0.29) is 29.4 Å². The first kappa shape index (κ1) is 19.8. The number of benzene rings is 1. The number of anilines is 1. The molecule has 1 aromatic rings. The molecule has 1 aromatic carbocycles. The minimum Gasteiger partial charge on any atom is -0.483 e. The predicted octanol–water partition coefficient (Wildman–Crippen LogP) is 3.73. The summed E-state index contributed by atoms with van der Waals surface area (Å²) in [5.41, 5.74) is -0.720. The Kier molecular flexibility index (Phi) is 3.22. The number of Topliss-reactive ketones (excluding diaryl/α,β-unsaturated/α-hetero) is 1. The van der Waals surface area contributed by atoms with Crippen molar-refractivity contribution in [2.75, 3.05) is 5.32 Å². The van der Waals surface area contributed by atoms with Gasteiger partial charge in [0.05, 0.1) is 16.5 Å². The quantitative estimate of drug-likeness (QED) is 0.636. The van der Waals surface area contributed by atoms with Gasteiger partial charge >= 0.3 is 0 Å². The number of rotatable bonds is 0. The number of carbonyl (C=O) groups excluding carboxylic acids is 3. The molecule has 3 spiro atoms. The maximum Gasteiger partial charge on any atom is 0.235 e. The second kappa shape index (κ2) is 5.37. The average Bonchev–Trinajstić information content (AvgIpc) is 3.35. The van der Waals surface area contributed by atoms with E-state index in [1.807, 2.05) is 38.1 Å². The van der Waals surface area contributed by atoms with E-state index >= 15 is 0 Å². The molecule has 2 N–H and O–H groups in total. The minimum atomic E-state index is -0.958. The third kappa shape index (κ3) is 1.91. The Labute approximate surface area is 193 Å². The molecule has 4 aliphatic heterocycles. The fraction of sp³-hybridized carbons (Fsp3) is 0.593. The van der Waals surface area contributed by atoms with Crippen LogP contribution in [0.25, 0.3) is 6.08 Å². The monoisotopic (exact) mass is 446 g/mol. The smallest absolute Gasteiger partial charge is 0.235 e. The van der Waals surface area contributed by atoms with Crippen LogP contribution in [0.2, 0.25) is 0 Å². The molecule has 2 amide bonds. The Balaban J connectivity index is 1.43. The first-order valence-corrected chi connectivity index (χ1v) is 12.2. The normalized spacial score (nSPS) is 42.4. The summed E-state index contributed by atoms with van der Waals surface area (Å²) < 4.78 is 6.16. The van der Waals surface area contributed by atoms with Gasteiger partial charge in [-0.05, 0) is 74.6 Å². The largest absolute Gasteiger partial charge is 0.483 e. The van der Waals surface area contributed by atoms with Crippen molar-refractivity contribution in [3.8, 4) is 5.75 Å². The SMILES string of the molecule is CC1(C)C=Cc2c(ccc3c2NC(=O)[C@@]32C[C@]34NC(=O)[C@@]5(CCCC5C3=O)C[C@H]4C2(C)C)O1. The molecular weight excluding hydrogens is 416 g/mol. The van der Waals surface area contributed by atoms with E-state index in [0.717, 1.165) is 41.8 Å². The summed E-state index contributed by atoms with van der Waals surface area (Å²) in [5.74, 6) is 0.638. The highest BCUT2D eigenvalue weighted by atomic mass is 16.5. The number of fused-ring (bicyclic) bond motifs is 5. The molecule has 3 aliphatic carbocycles. The van der Waals surface area contributed by atoms with E-state index in [0.29, 0.717) is 12.8 Å². The van der Waals surface area contributed by atoms with E-state index < -0.39 is 27.4 Å². The molecule has 3 saturated carbocycles. The molecule has 6 nitrogen and oxygen atoms in total. The summed E-state index contributed by atoms with van der Waals surface area (Å²) in [6.45, 7) is 8.28. The van der Waals surface area contributed by atoms with Crippen molar-refractivity contribution in [2.45, 2.75) is 76.4 Å². The minimum absolute atomic E-state index is 0.0383. The summed E-state index contributed by atoms with van der Waals surface area (Å²) >= 11 is 0. The lowest BCUT2D eigenvalue weighted by Crippen LogP contribution is -2.74. The summed E-state index contributed by atoms with van der Waals surface area (Å²) in [4.78, 5) is 41.3. The van der Waals surface area contributed by atoms with Gasteiger partial charge < -0.3 is 15.4 Å². The van der Waals surface area contributed by atoms with E-state index in [1.54, 1.807) is 0 Å². The first-order valence-electron chi connectivity index (χ1n) is 12.2. The third-order valence-corrected chi connectivity index (χ3v) is 10.3. The molecule has 6 heteroatoms. The highest BCUT2D eigenvalue weighted by molar-refractivity contribution is 6.13. The number of ketones is 1. The van der Waals surface area contributed by atoms with Gasteiger partial charge in [-0.2, -0.15) is 0 Å². The maximum atomic E-state index is 14.0. The van der Waals surface area contributed by atoms with Crippen LogP contribution in [0, 0.1) is 22.7 Å². The van der Waals surface area contributed by atoms with Crippen LogP contribution >= 0.6 is 0 Å². The topological polar surface area (TPSA) is 84.5 Å². The summed E-state index contributed by atoms with van der Waals surface area (Å²) in [7, 11) is 0. The van der Waals surface area contributed by atoms with Gasteiger partial charge in [-0.15, -0.1) is 0 Å². The molecule has 2 bridgehead atoms. The van der Waals surface area contributed by atoms with Gasteiger partial charge in [-0.1, -0.05) is 26.3 Å². The van der Waals surface area contributed by atoms with Crippen molar-refractivity contribution in [2.24, 2.45) is 22.7 Å². The molecule has 4 heterocycles. The van der Waals surface area contributed by atoms with Gasteiger partial charge in [0.2, 0.25) is 11.8 Å². The molecule has 0 aromatic heterocycles. The van der Waals surface area contributed by atoms with Gasteiger partial charge in [0, 0.05) is 11.5 Å². The fourth-order valence-corrected chi connectivity index (χ4v) is 8.73. The molecule has 5 atom stereocenters. The highest BCUT2D eigenvalue weighted by Crippen LogP contribution is 2.73. The molecule has 8 rings (SSSR count). The number of nitrogens with one attached hydrogen (secondary N) is 2. The van der Waals surface area contributed by atoms with Crippen LogP contribution in [0.3, 0.4) is 0 Å².